The molecule has 1 aliphatic rings. The summed E-state index contributed by atoms with van der Waals surface area (Å²) in [6.07, 6.45) is 3.74. The molecule has 0 bridgehead atoms. The first kappa shape index (κ1) is 14.7. The lowest BCUT2D eigenvalue weighted by molar-refractivity contribution is 0.337. The lowest BCUT2D eigenvalue weighted by Gasteiger charge is -2.15. The fourth-order valence-corrected chi connectivity index (χ4v) is 2.22. The van der Waals surface area contributed by atoms with Crippen LogP contribution in [0.4, 0.5) is 17.8 Å². The van der Waals surface area contributed by atoms with Gasteiger partial charge in [-0.05, 0) is 38.9 Å². The number of nitrogens with one attached hydrogen (secondary N) is 2. The van der Waals surface area contributed by atoms with E-state index in [1.54, 1.807) is 0 Å². The molecule has 2 rings (SSSR count). The van der Waals surface area contributed by atoms with Crippen LogP contribution in [0, 0.1) is 0 Å². The Morgan fingerprint density at radius 1 is 1.15 bits per heavy atom. The van der Waals surface area contributed by atoms with Crippen molar-refractivity contribution in [1.29, 1.82) is 0 Å². The molecule has 0 unspecified atom stereocenters. The zero-order chi connectivity index (χ0) is 14.4. The number of likely N-dealkylation sites (tertiary alicyclic amines) is 1. The standard InChI is InChI=1S/C12H24N8/c1-19(2)12-16-10(15-11(17-12)18-13)14-6-5-9-20-7-3-4-8-20/h3-9,13H2,1-2H3,(H2,14,15,16,17,18). The third-order valence-corrected chi connectivity index (χ3v) is 3.29. The van der Waals surface area contributed by atoms with Gasteiger partial charge in [0.1, 0.15) is 0 Å². The molecule has 0 radical (unpaired) electrons. The van der Waals surface area contributed by atoms with Crippen LogP contribution in [0.1, 0.15) is 19.3 Å². The minimum absolute atomic E-state index is 0.366. The van der Waals surface area contributed by atoms with Crippen molar-refractivity contribution < 1.29 is 0 Å². The van der Waals surface area contributed by atoms with Crippen LogP contribution in [0.2, 0.25) is 0 Å². The van der Waals surface area contributed by atoms with Crippen molar-refractivity contribution in [3.05, 3.63) is 0 Å². The molecule has 8 heteroatoms. The maximum absolute atomic E-state index is 5.37. The van der Waals surface area contributed by atoms with Crippen molar-refractivity contribution >= 4 is 17.8 Å². The Balaban J connectivity index is 1.83. The van der Waals surface area contributed by atoms with Crippen LogP contribution in [0.25, 0.3) is 0 Å². The van der Waals surface area contributed by atoms with E-state index < -0.39 is 0 Å². The van der Waals surface area contributed by atoms with Crippen LogP contribution in [0.15, 0.2) is 0 Å². The molecule has 0 saturated carbocycles. The van der Waals surface area contributed by atoms with Gasteiger partial charge in [-0.3, -0.25) is 5.43 Å². The van der Waals surface area contributed by atoms with E-state index in [4.69, 9.17) is 5.84 Å². The number of hydrogen-bond donors (Lipinski definition) is 3. The lowest BCUT2D eigenvalue weighted by Crippen LogP contribution is -2.23. The quantitative estimate of drug-likeness (QED) is 0.368. The second-order valence-corrected chi connectivity index (χ2v) is 5.15. The summed E-state index contributed by atoms with van der Waals surface area (Å²) in [5.41, 5.74) is 2.46. The predicted octanol–water partition coefficient (Wildman–Crippen LogP) is 0.121. The van der Waals surface area contributed by atoms with Gasteiger partial charge in [0.2, 0.25) is 17.8 Å². The predicted molar refractivity (Wildman–Crippen MR) is 80.7 cm³/mol. The van der Waals surface area contributed by atoms with Crippen molar-refractivity contribution in [3.8, 4) is 0 Å². The highest BCUT2D eigenvalue weighted by molar-refractivity contribution is 5.42. The summed E-state index contributed by atoms with van der Waals surface area (Å²) in [6.45, 7) is 4.44. The maximum Gasteiger partial charge on any atom is 0.243 e. The fourth-order valence-electron chi connectivity index (χ4n) is 2.22. The number of nitrogen functional groups attached to an aromatic ring is 1. The number of hydrogen-bond acceptors (Lipinski definition) is 8. The number of anilines is 3. The normalized spacial score (nSPS) is 15.3. The molecular weight excluding hydrogens is 256 g/mol. The Hall–Kier alpha value is -1.67. The molecule has 4 N–H and O–H groups in total. The van der Waals surface area contributed by atoms with Gasteiger partial charge in [-0.1, -0.05) is 0 Å². The third-order valence-electron chi connectivity index (χ3n) is 3.29. The van der Waals surface area contributed by atoms with E-state index in [-0.39, 0.29) is 0 Å². The average molecular weight is 280 g/mol. The van der Waals surface area contributed by atoms with Crippen molar-refractivity contribution in [1.82, 2.24) is 19.9 Å². The van der Waals surface area contributed by atoms with Crippen LogP contribution < -0.4 is 21.5 Å². The maximum atomic E-state index is 5.37. The van der Waals surface area contributed by atoms with Crippen LogP contribution in [-0.2, 0) is 0 Å². The van der Waals surface area contributed by atoms with E-state index in [2.05, 4.69) is 30.6 Å². The van der Waals surface area contributed by atoms with Crippen molar-refractivity contribution in [2.75, 3.05) is 55.9 Å². The molecule has 1 aromatic rings. The number of rotatable bonds is 7. The van der Waals surface area contributed by atoms with E-state index >= 15 is 0 Å². The Kier molecular flexibility index (Phi) is 5.31. The molecule has 0 aliphatic carbocycles. The van der Waals surface area contributed by atoms with Crippen molar-refractivity contribution in [3.63, 3.8) is 0 Å². The summed E-state index contributed by atoms with van der Waals surface area (Å²) in [6, 6.07) is 0. The summed E-state index contributed by atoms with van der Waals surface area (Å²) in [5, 5.41) is 3.23. The van der Waals surface area contributed by atoms with E-state index in [9.17, 15) is 0 Å². The van der Waals surface area contributed by atoms with Gasteiger partial charge < -0.3 is 15.1 Å². The fraction of sp³-hybridized carbons (Fsp3) is 0.750. The SMILES string of the molecule is CN(C)c1nc(NN)nc(NCCCN2CCCC2)n1. The summed E-state index contributed by atoms with van der Waals surface area (Å²) >= 11 is 0. The Morgan fingerprint density at radius 2 is 1.85 bits per heavy atom. The first-order valence-corrected chi connectivity index (χ1v) is 7.05. The van der Waals surface area contributed by atoms with Crippen LogP contribution in [-0.4, -0.2) is 60.1 Å². The molecule has 0 spiro atoms. The van der Waals surface area contributed by atoms with Crippen LogP contribution in [0.5, 0.6) is 0 Å². The summed E-state index contributed by atoms with van der Waals surface area (Å²) in [5.74, 6) is 6.87. The van der Waals surface area contributed by atoms with Gasteiger partial charge in [-0.15, -0.1) is 0 Å². The van der Waals surface area contributed by atoms with Gasteiger partial charge in [0.25, 0.3) is 0 Å². The molecule has 1 aliphatic heterocycles. The largest absolute Gasteiger partial charge is 0.354 e. The average Bonchev–Trinajstić information content (AvgIpc) is 2.96. The first-order valence-electron chi connectivity index (χ1n) is 7.05. The topological polar surface area (TPSA) is 95.2 Å². The van der Waals surface area contributed by atoms with Gasteiger partial charge in [-0.2, -0.15) is 15.0 Å². The molecule has 112 valence electrons. The third kappa shape index (κ3) is 4.17. The zero-order valence-corrected chi connectivity index (χ0v) is 12.3. The number of aromatic nitrogens is 3. The summed E-state index contributed by atoms with van der Waals surface area (Å²) < 4.78 is 0. The Morgan fingerprint density at radius 3 is 2.50 bits per heavy atom. The highest BCUT2D eigenvalue weighted by Gasteiger charge is 2.11. The zero-order valence-electron chi connectivity index (χ0n) is 12.3. The van der Waals surface area contributed by atoms with Gasteiger partial charge in [0.15, 0.2) is 0 Å². The second kappa shape index (κ2) is 7.20. The van der Waals surface area contributed by atoms with Gasteiger partial charge >= 0.3 is 0 Å². The minimum atomic E-state index is 0.366. The Labute approximate surface area is 119 Å². The number of nitrogens with zero attached hydrogens (tertiary/aromatic N) is 5. The van der Waals surface area contributed by atoms with Crippen molar-refractivity contribution in [2.45, 2.75) is 19.3 Å². The van der Waals surface area contributed by atoms with Crippen molar-refractivity contribution in [2.24, 2.45) is 5.84 Å². The van der Waals surface area contributed by atoms with E-state index in [1.165, 1.54) is 25.9 Å². The number of hydrazine groups is 1. The summed E-state index contributed by atoms with van der Waals surface area (Å²) in [4.78, 5) is 17.0. The first-order chi connectivity index (χ1) is 9.69. The van der Waals surface area contributed by atoms with Gasteiger partial charge in [0.05, 0.1) is 0 Å². The highest BCUT2D eigenvalue weighted by atomic mass is 15.4. The molecule has 1 saturated heterocycles. The molecule has 1 aromatic heterocycles. The molecule has 0 atom stereocenters. The van der Waals surface area contributed by atoms with E-state index in [0.717, 1.165) is 19.5 Å². The Bertz CT molecular complexity index is 416. The number of nitrogens with two attached hydrogens (primary N) is 1. The summed E-state index contributed by atoms with van der Waals surface area (Å²) in [7, 11) is 3.76. The van der Waals surface area contributed by atoms with Gasteiger partial charge in [-0.25, -0.2) is 5.84 Å². The minimum Gasteiger partial charge on any atom is -0.354 e. The second-order valence-electron chi connectivity index (χ2n) is 5.15. The molecule has 20 heavy (non-hydrogen) atoms. The lowest BCUT2D eigenvalue weighted by atomic mass is 10.4. The van der Waals surface area contributed by atoms with E-state index in [1.807, 2.05) is 19.0 Å². The van der Waals surface area contributed by atoms with Crippen LogP contribution in [0.3, 0.4) is 0 Å². The molecule has 0 aromatic carbocycles. The molecule has 8 nitrogen and oxygen atoms in total. The smallest absolute Gasteiger partial charge is 0.243 e. The van der Waals surface area contributed by atoms with E-state index in [0.29, 0.717) is 17.8 Å². The molecular formula is C12H24N8. The molecule has 2 heterocycles. The molecule has 1 fully saturated rings. The highest BCUT2D eigenvalue weighted by Crippen LogP contribution is 2.11. The monoisotopic (exact) mass is 280 g/mol. The van der Waals surface area contributed by atoms with Crippen LogP contribution >= 0.6 is 0 Å². The van der Waals surface area contributed by atoms with Gasteiger partial charge in [0, 0.05) is 20.6 Å². The molecule has 0 amide bonds.